The van der Waals surface area contributed by atoms with Gasteiger partial charge in [-0.3, -0.25) is 0 Å². The van der Waals surface area contributed by atoms with E-state index in [4.69, 9.17) is 14.9 Å². The lowest BCUT2D eigenvalue weighted by molar-refractivity contribution is 0.415. The van der Waals surface area contributed by atoms with Crippen molar-refractivity contribution >= 4 is 20.8 Å². The largest absolute Gasteiger partial charge is 0.497 e. The normalized spacial score (nSPS) is 13.6. The lowest BCUT2D eigenvalue weighted by Crippen LogP contribution is -2.32. The molecule has 0 radical (unpaired) electrons. The zero-order chi connectivity index (χ0) is 25.9. The van der Waals surface area contributed by atoms with Crippen molar-refractivity contribution in [2.24, 2.45) is 0 Å². The standard InChI is InChI=1S/C22H21N3O.C6H13NO2S/c1-15(2)25-23-21(17-11-13-18(26-3)14-12-17)22(24-25)20-10-6-8-16-7-4-5-9-19(16)20;1-5(2)7-10(8,9)6-3-4-6/h4-15H,1-3H3;5-7H,3-4H2,1-2H3. The highest BCUT2D eigenvalue weighted by atomic mass is 32.2. The molecular formula is C28H34N4O3S. The topological polar surface area (TPSA) is 86.1 Å². The highest BCUT2D eigenvalue weighted by molar-refractivity contribution is 7.90. The Bertz CT molecular complexity index is 1420. The summed E-state index contributed by atoms with van der Waals surface area (Å²) in [6, 6.07) is 22.9. The highest BCUT2D eigenvalue weighted by Crippen LogP contribution is 2.34. The van der Waals surface area contributed by atoms with Crippen molar-refractivity contribution in [3.05, 3.63) is 66.7 Å². The summed E-state index contributed by atoms with van der Waals surface area (Å²) in [5, 5.41) is 11.9. The molecular weight excluding hydrogens is 472 g/mol. The van der Waals surface area contributed by atoms with Crippen LogP contribution in [0.4, 0.5) is 0 Å². The highest BCUT2D eigenvalue weighted by Gasteiger charge is 2.35. The molecule has 1 heterocycles. The summed E-state index contributed by atoms with van der Waals surface area (Å²) in [7, 11) is -1.26. The summed E-state index contributed by atoms with van der Waals surface area (Å²) >= 11 is 0. The van der Waals surface area contributed by atoms with Crippen molar-refractivity contribution in [1.29, 1.82) is 0 Å². The maximum atomic E-state index is 11.1. The molecule has 8 heteroatoms. The lowest BCUT2D eigenvalue weighted by Gasteiger charge is -2.07. The summed E-state index contributed by atoms with van der Waals surface area (Å²) in [5.41, 5.74) is 3.92. The Kier molecular flexibility index (Phi) is 7.76. The van der Waals surface area contributed by atoms with E-state index in [1.54, 1.807) is 11.9 Å². The quantitative estimate of drug-likeness (QED) is 0.341. The van der Waals surface area contributed by atoms with E-state index in [0.29, 0.717) is 0 Å². The third-order valence-corrected chi connectivity index (χ3v) is 8.01. The van der Waals surface area contributed by atoms with Gasteiger partial charge in [0, 0.05) is 17.2 Å². The molecule has 0 saturated heterocycles. The molecule has 0 bridgehead atoms. The Morgan fingerprint density at radius 2 is 1.53 bits per heavy atom. The first-order valence-corrected chi connectivity index (χ1v) is 13.8. The van der Waals surface area contributed by atoms with Gasteiger partial charge in [-0.25, -0.2) is 13.1 Å². The molecule has 190 valence electrons. The van der Waals surface area contributed by atoms with Crippen LogP contribution in [0.1, 0.15) is 46.6 Å². The second-order valence-corrected chi connectivity index (χ2v) is 11.6. The van der Waals surface area contributed by atoms with Crippen LogP contribution in [0.2, 0.25) is 0 Å². The number of benzene rings is 3. The van der Waals surface area contributed by atoms with Crippen molar-refractivity contribution in [2.75, 3.05) is 7.11 Å². The minimum absolute atomic E-state index is 0.0330. The minimum atomic E-state index is -2.94. The Labute approximate surface area is 213 Å². The number of sulfonamides is 1. The molecule has 1 saturated carbocycles. The SMILES string of the molecule is CC(C)NS(=O)(=O)C1CC1.COc1ccc(-c2nn(C(C)C)nc2-c2cccc3ccccc23)cc1. The number of methoxy groups -OCH3 is 1. The second-order valence-electron chi connectivity index (χ2n) is 9.58. The van der Waals surface area contributed by atoms with Crippen LogP contribution in [0.3, 0.4) is 0 Å². The third-order valence-electron chi connectivity index (χ3n) is 5.86. The summed E-state index contributed by atoms with van der Waals surface area (Å²) in [4.78, 5) is 1.79. The van der Waals surface area contributed by atoms with Gasteiger partial charge in [-0.2, -0.15) is 15.0 Å². The maximum absolute atomic E-state index is 11.1. The summed E-state index contributed by atoms with van der Waals surface area (Å²) < 4.78 is 30.0. The van der Waals surface area contributed by atoms with Gasteiger partial charge >= 0.3 is 0 Å². The fourth-order valence-corrected chi connectivity index (χ4v) is 5.52. The van der Waals surface area contributed by atoms with Gasteiger partial charge in [0.1, 0.15) is 17.1 Å². The first kappa shape index (κ1) is 25.9. The van der Waals surface area contributed by atoms with E-state index in [0.717, 1.165) is 41.1 Å². The van der Waals surface area contributed by atoms with E-state index in [9.17, 15) is 8.42 Å². The van der Waals surface area contributed by atoms with Crippen molar-refractivity contribution in [3.8, 4) is 28.3 Å². The predicted octanol–water partition coefficient (Wildman–Crippen LogP) is 5.83. The van der Waals surface area contributed by atoms with Crippen LogP contribution in [0.15, 0.2) is 66.7 Å². The van der Waals surface area contributed by atoms with Crippen LogP contribution in [0, 0.1) is 0 Å². The molecule has 7 nitrogen and oxygen atoms in total. The lowest BCUT2D eigenvalue weighted by atomic mass is 9.99. The zero-order valence-corrected chi connectivity index (χ0v) is 22.3. The zero-order valence-electron chi connectivity index (χ0n) is 21.5. The van der Waals surface area contributed by atoms with Gasteiger partial charge in [0.15, 0.2) is 0 Å². The molecule has 0 amide bonds. The van der Waals surface area contributed by atoms with Gasteiger partial charge in [0.05, 0.1) is 18.4 Å². The van der Waals surface area contributed by atoms with Crippen LogP contribution in [0.25, 0.3) is 33.3 Å². The number of hydrogen-bond acceptors (Lipinski definition) is 5. The van der Waals surface area contributed by atoms with Crippen molar-refractivity contribution in [3.63, 3.8) is 0 Å². The molecule has 1 aromatic heterocycles. The molecule has 1 N–H and O–H groups in total. The Morgan fingerprint density at radius 1 is 0.889 bits per heavy atom. The molecule has 0 unspecified atom stereocenters. The number of nitrogens with zero attached hydrogens (tertiary/aromatic N) is 3. The summed E-state index contributed by atoms with van der Waals surface area (Å²) in [5.74, 6) is 0.830. The maximum Gasteiger partial charge on any atom is 0.214 e. The van der Waals surface area contributed by atoms with Crippen molar-refractivity contribution in [2.45, 2.75) is 57.9 Å². The van der Waals surface area contributed by atoms with Gasteiger partial charge in [-0.1, -0.05) is 42.5 Å². The Balaban J connectivity index is 0.000000256. The third kappa shape index (κ3) is 5.94. The summed E-state index contributed by atoms with van der Waals surface area (Å²) in [6.45, 7) is 7.84. The average Bonchev–Trinajstić information content (AvgIpc) is 3.63. The van der Waals surface area contributed by atoms with E-state index in [1.165, 1.54) is 10.8 Å². The van der Waals surface area contributed by atoms with Gasteiger partial charge < -0.3 is 4.74 Å². The molecule has 1 aliphatic rings. The fraction of sp³-hybridized carbons (Fsp3) is 0.357. The Hall–Kier alpha value is -3.23. The van der Waals surface area contributed by atoms with Crippen LogP contribution >= 0.6 is 0 Å². The predicted molar refractivity (Wildman–Crippen MR) is 146 cm³/mol. The van der Waals surface area contributed by atoms with E-state index >= 15 is 0 Å². The molecule has 0 aliphatic heterocycles. The molecule has 4 aromatic rings. The Morgan fingerprint density at radius 3 is 2.14 bits per heavy atom. The monoisotopic (exact) mass is 506 g/mol. The van der Waals surface area contributed by atoms with Crippen LogP contribution in [0.5, 0.6) is 5.75 Å². The number of hydrogen-bond donors (Lipinski definition) is 1. The van der Waals surface area contributed by atoms with Crippen molar-refractivity contribution in [1.82, 2.24) is 19.7 Å². The molecule has 1 aliphatic carbocycles. The van der Waals surface area contributed by atoms with Gasteiger partial charge in [-0.15, -0.1) is 0 Å². The molecule has 0 atom stereocenters. The van der Waals surface area contributed by atoms with Gasteiger partial charge in [0.2, 0.25) is 10.0 Å². The number of nitrogens with one attached hydrogen (secondary N) is 1. The second kappa shape index (κ2) is 10.8. The minimum Gasteiger partial charge on any atom is -0.497 e. The van der Waals surface area contributed by atoms with Crippen LogP contribution in [-0.4, -0.2) is 41.8 Å². The average molecular weight is 507 g/mol. The van der Waals surface area contributed by atoms with E-state index in [2.05, 4.69) is 61.0 Å². The number of ether oxygens (including phenoxy) is 1. The van der Waals surface area contributed by atoms with Crippen molar-refractivity contribution < 1.29 is 13.2 Å². The number of rotatable bonds is 7. The van der Waals surface area contributed by atoms with Gasteiger partial charge in [-0.05, 0) is 75.6 Å². The first-order chi connectivity index (χ1) is 17.2. The molecule has 5 rings (SSSR count). The van der Waals surface area contributed by atoms with Crippen LogP contribution in [-0.2, 0) is 10.0 Å². The van der Waals surface area contributed by atoms with Crippen LogP contribution < -0.4 is 9.46 Å². The summed E-state index contributed by atoms with van der Waals surface area (Å²) in [6.07, 6.45) is 1.67. The molecule has 36 heavy (non-hydrogen) atoms. The van der Waals surface area contributed by atoms with E-state index in [1.807, 2.05) is 38.1 Å². The van der Waals surface area contributed by atoms with E-state index < -0.39 is 10.0 Å². The first-order valence-electron chi connectivity index (χ1n) is 12.3. The number of aromatic nitrogens is 3. The molecule has 0 spiro atoms. The fourth-order valence-electron chi connectivity index (χ4n) is 3.91. The van der Waals surface area contributed by atoms with Gasteiger partial charge in [0.25, 0.3) is 0 Å². The molecule has 1 fully saturated rings. The van der Waals surface area contributed by atoms with E-state index in [-0.39, 0.29) is 17.3 Å². The smallest absolute Gasteiger partial charge is 0.214 e. The number of fused-ring (bicyclic) bond motifs is 1. The molecule has 3 aromatic carbocycles.